The monoisotopic (exact) mass is 274 g/mol. The second-order valence-corrected chi connectivity index (χ2v) is 6.31. The van der Waals surface area contributed by atoms with E-state index in [0.29, 0.717) is 5.54 Å². The lowest BCUT2D eigenvalue weighted by molar-refractivity contribution is 0.0511. The Morgan fingerprint density at radius 3 is 2.40 bits per heavy atom. The molecule has 0 bridgehead atoms. The van der Waals surface area contributed by atoms with Crippen LogP contribution in [0.25, 0.3) is 0 Å². The van der Waals surface area contributed by atoms with Crippen molar-refractivity contribution in [1.29, 1.82) is 0 Å². The number of hydrogen-bond acceptors (Lipinski definition) is 4. The standard InChI is InChI=1S/C16H26N4/c1-19-10-12-20(13-11-19)16(6-2-3-7-16)14-18-15-4-8-17-9-5-15/h4-5,8-9H,2-3,6-7,10-14H2,1H3,(H,17,18). The molecule has 0 spiro atoms. The van der Waals surface area contributed by atoms with Crippen LogP contribution in [0.3, 0.4) is 0 Å². The first-order valence-corrected chi connectivity index (χ1v) is 7.86. The van der Waals surface area contributed by atoms with Crippen LogP contribution >= 0.6 is 0 Å². The highest BCUT2D eigenvalue weighted by molar-refractivity contribution is 5.41. The van der Waals surface area contributed by atoms with Crippen LogP contribution in [0.2, 0.25) is 0 Å². The van der Waals surface area contributed by atoms with Gasteiger partial charge in [0.15, 0.2) is 0 Å². The van der Waals surface area contributed by atoms with Crippen LogP contribution in [-0.4, -0.2) is 60.1 Å². The molecule has 0 atom stereocenters. The van der Waals surface area contributed by atoms with E-state index in [9.17, 15) is 0 Å². The molecule has 0 amide bonds. The molecule has 4 nitrogen and oxygen atoms in total. The molecule has 1 aromatic rings. The number of piperazine rings is 1. The number of nitrogens with one attached hydrogen (secondary N) is 1. The Hall–Kier alpha value is -1.13. The Morgan fingerprint density at radius 2 is 1.75 bits per heavy atom. The number of likely N-dealkylation sites (N-methyl/N-ethyl adjacent to an activating group) is 1. The average Bonchev–Trinajstić information content (AvgIpc) is 2.97. The molecule has 1 N–H and O–H groups in total. The first-order chi connectivity index (χ1) is 9.78. The topological polar surface area (TPSA) is 31.4 Å². The Labute approximate surface area is 122 Å². The minimum atomic E-state index is 0.379. The summed E-state index contributed by atoms with van der Waals surface area (Å²) in [6.45, 7) is 5.91. The third-order valence-electron chi connectivity index (χ3n) is 5.01. The zero-order chi connectivity index (χ0) is 13.8. The van der Waals surface area contributed by atoms with Crippen molar-refractivity contribution in [1.82, 2.24) is 14.8 Å². The highest BCUT2D eigenvalue weighted by atomic mass is 15.3. The second kappa shape index (κ2) is 6.10. The Bertz CT molecular complexity index is 406. The van der Waals surface area contributed by atoms with E-state index >= 15 is 0 Å². The van der Waals surface area contributed by atoms with Crippen molar-refractivity contribution >= 4 is 5.69 Å². The second-order valence-electron chi connectivity index (χ2n) is 6.31. The predicted octanol–water partition coefficient (Wildman–Crippen LogP) is 2.05. The van der Waals surface area contributed by atoms with Gasteiger partial charge in [-0.2, -0.15) is 0 Å². The van der Waals surface area contributed by atoms with Gasteiger partial charge in [-0.3, -0.25) is 9.88 Å². The van der Waals surface area contributed by atoms with Gasteiger partial charge in [-0.15, -0.1) is 0 Å². The van der Waals surface area contributed by atoms with Crippen LogP contribution in [0.1, 0.15) is 25.7 Å². The molecule has 3 rings (SSSR count). The summed E-state index contributed by atoms with van der Waals surface area (Å²) in [5.74, 6) is 0. The maximum atomic E-state index is 4.08. The van der Waals surface area contributed by atoms with E-state index in [1.807, 2.05) is 12.4 Å². The van der Waals surface area contributed by atoms with Gasteiger partial charge in [-0.1, -0.05) is 12.8 Å². The molecule has 0 unspecified atom stereocenters. The van der Waals surface area contributed by atoms with Gasteiger partial charge >= 0.3 is 0 Å². The quantitative estimate of drug-likeness (QED) is 0.910. The SMILES string of the molecule is CN1CCN(C2(CNc3ccncc3)CCCC2)CC1. The number of anilines is 1. The number of rotatable bonds is 4. The first-order valence-electron chi connectivity index (χ1n) is 7.86. The Morgan fingerprint density at radius 1 is 1.10 bits per heavy atom. The number of hydrogen-bond donors (Lipinski definition) is 1. The van der Waals surface area contributed by atoms with Gasteiger partial charge in [0.1, 0.15) is 0 Å². The molecule has 0 aromatic carbocycles. The van der Waals surface area contributed by atoms with Gasteiger partial charge in [-0.25, -0.2) is 0 Å². The Balaban J connectivity index is 1.65. The number of aromatic nitrogens is 1. The Kier molecular flexibility index (Phi) is 4.22. The molecule has 2 heterocycles. The molecule has 1 saturated heterocycles. The summed E-state index contributed by atoms with van der Waals surface area (Å²) >= 11 is 0. The van der Waals surface area contributed by atoms with Crippen molar-refractivity contribution < 1.29 is 0 Å². The summed E-state index contributed by atoms with van der Waals surface area (Å²) in [6, 6.07) is 4.12. The van der Waals surface area contributed by atoms with Gasteiger partial charge in [0.25, 0.3) is 0 Å². The van der Waals surface area contributed by atoms with E-state index in [4.69, 9.17) is 0 Å². The van der Waals surface area contributed by atoms with E-state index < -0.39 is 0 Å². The fourth-order valence-electron chi connectivity index (χ4n) is 3.66. The normalized spacial score (nSPS) is 23.9. The maximum absolute atomic E-state index is 4.08. The molecule has 1 saturated carbocycles. The number of pyridine rings is 1. The van der Waals surface area contributed by atoms with E-state index in [1.54, 1.807) is 0 Å². The lowest BCUT2D eigenvalue weighted by Crippen LogP contribution is -2.58. The van der Waals surface area contributed by atoms with Crippen molar-refractivity contribution in [3.63, 3.8) is 0 Å². The fraction of sp³-hybridized carbons (Fsp3) is 0.688. The lowest BCUT2D eigenvalue weighted by Gasteiger charge is -2.45. The largest absolute Gasteiger partial charge is 0.383 e. The highest BCUT2D eigenvalue weighted by Crippen LogP contribution is 2.36. The van der Waals surface area contributed by atoms with E-state index in [0.717, 1.165) is 6.54 Å². The van der Waals surface area contributed by atoms with Crippen LogP contribution in [0.15, 0.2) is 24.5 Å². The molecule has 1 aromatic heterocycles. The highest BCUT2D eigenvalue weighted by Gasteiger charge is 2.40. The van der Waals surface area contributed by atoms with Crippen molar-refractivity contribution in [2.24, 2.45) is 0 Å². The summed E-state index contributed by atoms with van der Waals surface area (Å²) in [6.07, 6.45) is 9.16. The lowest BCUT2D eigenvalue weighted by atomic mass is 9.93. The minimum Gasteiger partial charge on any atom is -0.383 e. The molecule has 4 heteroatoms. The van der Waals surface area contributed by atoms with Crippen LogP contribution in [0.5, 0.6) is 0 Å². The fourth-order valence-corrected chi connectivity index (χ4v) is 3.66. The molecule has 2 aliphatic rings. The molecular weight excluding hydrogens is 248 g/mol. The molecule has 0 radical (unpaired) electrons. The average molecular weight is 274 g/mol. The third kappa shape index (κ3) is 2.96. The molecule has 2 fully saturated rings. The first kappa shape index (κ1) is 13.8. The van der Waals surface area contributed by atoms with E-state index in [2.05, 4.69) is 39.3 Å². The summed E-state index contributed by atoms with van der Waals surface area (Å²) in [5, 5.41) is 3.64. The summed E-state index contributed by atoms with van der Waals surface area (Å²) in [5.41, 5.74) is 1.57. The molecule has 20 heavy (non-hydrogen) atoms. The van der Waals surface area contributed by atoms with Gasteiger partial charge in [-0.05, 0) is 32.0 Å². The van der Waals surface area contributed by atoms with Crippen molar-refractivity contribution in [3.8, 4) is 0 Å². The minimum absolute atomic E-state index is 0.379. The zero-order valence-corrected chi connectivity index (χ0v) is 12.5. The maximum Gasteiger partial charge on any atom is 0.0382 e. The smallest absolute Gasteiger partial charge is 0.0382 e. The van der Waals surface area contributed by atoms with Gasteiger partial charge in [0, 0.05) is 56.3 Å². The molecular formula is C16H26N4. The predicted molar refractivity (Wildman–Crippen MR) is 83.0 cm³/mol. The van der Waals surface area contributed by atoms with Crippen molar-refractivity contribution in [2.45, 2.75) is 31.2 Å². The zero-order valence-electron chi connectivity index (χ0n) is 12.5. The van der Waals surface area contributed by atoms with E-state index in [-0.39, 0.29) is 0 Å². The third-order valence-corrected chi connectivity index (χ3v) is 5.01. The number of nitrogens with zero attached hydrogens (tertiary/aromatic N) is 3. The van der Waals surface area contributed by atoms with Crippen molar-refractivity contribution in [2.75, 3.05) is 45.1 Å². The van der Waals surface area contributed by atoms with E-state index in [1.165, 1.54) is 57.5 Å². The summed E-state index contributed by atoms with van der Waals surface area (Å²) < 4.78 is 0. The molecule has 1 aliphatic carbocycles. The summed E-state index contributed by atoms with van der Waals surface area (Å²) in [4.78, 5) is 9.27. The van der Waals surface area contributed by atoms with Gasteiger partial charge < -0.3 is 10.2 Å². The van der Waals surface area contributed by atoms with Gasteiger partial charge in [0.2, 0.25) is 0 Å². The summed E-state index contributed by atoms with van der Waals surface area (Å²) in [7, 11) is 2.23. The van der Waals surface area contributed by atoms with Crippen molar-refractivity contribution in [3.05, 3.63) is 24.5 Å². The van der Waals surface area contributed by atoms with Crippen LogP contribution in [0.4, 0.5) is 5.69 Å². The molecule has 1 aliphatic heterocycles. The van der Waals surface area contributed by atoms with Crippen LogP contribution in [-0.2, 0) is 0 Å². The van der Waals surface area contributed by atoms with Crippen LogP contribution in [0, 0.1) is 0 Å². The molecule has 110 valence electrons. The van der Waals surface area contributed by atoms with Crippen LogP contribution < -0.4 is 5.32 Å². The van der Waals surface area contributed by atoms with Gasteiger partial charge in [0.05, 0.1) is 0 Å².